The van der Waals surface area contributed by atoms with E-state index in [0.29, 0.717) is 12.4 Å². The summed E-state index contributed by atoms with van der Waals surface area (Å²) in [5.41, 5.74) is 1.34. The number of benzene rings is 1. The van der Waals surface area contributed by atoms with Gasteiger partial charge in [0.25, 0.3) is 0 Å². The number of ether oxygens (including phenoxy) is 2. The van der Waals surface area contributed by atoms with E-state index in [0.717, 1.165) is 18.6 Å². The minimum Gasteiger partial charge on any atom is -0.491 e. The summed E-state index contributed by atoms with van der Waals surface area (Å²) in [7, 11) is 1.62. The summed E-state index contributed by atoms with van der Waals surface area (Å²) in [6.45, 7) is 0.676. The van der Waals surface area contributed by atoms with Gasteiger partial charge >= 0.3 is 0 Å². The molecular weight excluding hydrogens is 226 g/mol. The fourth-order valence-corrected chi connectivity index (χ4v) is 1.74. The van der Waals surface area contributed by atoms with Gasteiger partial charge in [-0.05, 0) is 18.4 Å². The van der Waals surface area contributed by atoms with Crippen molar-refractivity contribution in [1.82, 2.24) is 4.98 Å². The maximum absolute atomic E-state index is 5.68. The first-order valence-corrected chi connectivity index (χ1v) is 6.05. The molecule has 0 saturated carbocycles. The van der Waals surface area contributed by atoms with Crippen LogP contribution in [0.5, 0.6) is 11.5 Å². The van der Waals surface area contributed by atoms with Crippen molar-refractivity contribution in [2.75, 3.05) is 13.7 Å². The van der Waals surface area contributed by atoms with E-state index in [4.69, 9.17) is 9.47 Å². The van der Waals surface area contributed by atoms with Crippen LogP contribution in [0.25, 0.3) is 0 Å². The van der Waals surface area contributed by atoms with Gasteiger partial charge in [0.05, 0.1) is 19.9 Å². The highest BCUT2D eigenvalue weighted by molar-refractivity contribution is 5.36. The molecule has 2 rings (SSSR count). The van der Waals surface area contributed by atoms with Crippen molar-refractivity contribution >= 4 is 0 Å². The lowest BCUT2D eigenvalue weighted by Gasteiger charge is -2.09. The SMILES string of the molecule is COc1cnccc1OCCCc1ccccc1. The largest absolute Gasteiger partial charge is 0.491 e. The van der Waals surface area contributed by atoms with E-state index < -0.39 is 0 Å². The molecule has 0 aliphatic rings. The summed E-state index contributed by atoms with van der Waals surface area (Å²) >= 11 is 0. The number of rotatable bonds is 6. The van der Waals surface area contributed by atoms with Gasteiger partial charge < -0.3 is 9.47 Å². The minimum atomic E-state index is 0.676. The summed E-state index contributed by atoms with van der Waals surface area (Å²) in [6.07, 6.45) is 5.37. The van der Waals surface area contributed by atoms with Crippen molar-refractivity contribution in [3.63, 3.8) is 0 Å². The Balaban J connectivity index is 1.78. The fourth-order valence-electron chi connectivity index (χ4n) is 1.74. The van der Waals surface area contributed by atoms with Gasteiger partial charge in [0.2, 0.25) is 0 Å². The highest BCUT2D eigenvalue weighted by Gasteiger charge is 2.02. The average Bonchev–Trinajstić information content (AvgIpc) is 2.45. The van der Waals surface area contributed by atoms with Crippen molar-refractivity contribution in [3.8, 4) is 11.5 Å². The van der Waals surface area contributed by atoms with Gasteiger partial charge in [-0.2, -0.15) is 0 Å². The van der Waals surface area contributed by atoms with E-state index in [-0.39, 0.29) is 0 Å². The molecule has 2 aromatic rings. The van der Waals surface area contributed by atoms with Crippen molar-refractivity contribution in [2.45, 2.75) is 12.8 Å². The van der Waals surface area contributed by atoms with Crippen molar-refractivity contribution in [3.05, 3.63) is 54.4 Å². The predicted molar refractivity (Wildman–Crippen MR) is 71.0 cm³/mol. The van der Waals surface area contributed by atoms with Crippen LogP contribution >= 0.6 is 0 Å². The predicted octanol–water partition coefficient (Wildman–Crippen LogP) is 3.10. The summed E-state index contributed by atoms with van der Waals surface area (Å²) in [5, 5.41) is 0. The molecule has 0 radical (unpaired) electrons. The zero-order valence-electron chi connectivity index (χ0n) is 10.5. The van der Waals surface area contributed by atoms with Crippen molar-refractivity contribution in [2.24, 2.45) is 0 Å². The van der Waals surface area contributed by atoms with Gasteiger partial charge in [-0.25, -0.2) is 0 Å². The smallest absolute Gasteiger partial charge is 0.179 e. The van der Waals surface area contributed by atoms with E-state index in [1.54, 1.807) is 19.5 Å². The Morgan fingerprint density at radius 3 is 2.67 bits per heavy atom. The first-order chi connectivity index (χ1) is 8.90. The topological polar surface area (TPSA) is 31.4 Å². The molecular formula is C15H17NO2. The molecule has 0 amide bonds. The summed E-state index contributed by atoms with van der Waals surface area (Å²) in [4.78, 5) is 3.99. The van der Waals surface area contributed by atoms with Crippen LogP contribution in [0.2, 0.25) is 0 Å². The molecule has 3 heteroatoms. The highest BCUT2D eigenvalue weighted by Crippen LogP contribution is 2.24. The third-order valence-corrected chi connectivity index (χ3v) is 2.68. The standard InChI is InChI=1S/C15H17NO2/c1-17-15-12-16-10-9-14(15)18-11-5-8-13-6-3-2-4-7-13/h2-4,6-7,9-10,12H,5,8,11H2,1H3. The fraction of sp³-hybridized carbons (Fsp3) is 0.267. The van der Waals surface area contributed by atoms with Gasteiger partial charge in [-0.3, -0.25) is 4.98 Å². The third-order valence-electron chi connectivity index (χ3n) is 2.68. The second kappa shape index (κ2) is 6.64. The number of aryl methyl sites for hydroxylation is 1. The Kier molecular flexibility index (Phi) is 4.59. The van der Waals surface area contributed by atoms with E-state index >= 15 is 0 Å². The summed E-state index contributed by atoms with van der Waals surface area (Å²) < 4.78 is 10.9. The monoisotopic (exact) mass is 243 g/mol. The maximum Gasteiger partial charge on any atom is 0.179 e. The second-order valence-corrected chi connectivity index (χ2v) is 3.96. The lowest BCUT2D eigenvalue weighted by atomic mass is 10.1. The van der Waals surface area contributed by atoms with Crippen LogP contribution in [0.15, 0.2) is 48.8 Å². The lowest BCUT2D eigenvalue weighted by Crippen LogP contribution is -2.01. The number of methoxy groups -OCH3 is 1. The van der Waals surface area contributed by atoms with Crippen LogP contribution in [0.4, 0.5) is 0 Å². The van der Waals surface area contributed by atoms with Gasteiger partial charge in [-0.1, -0.05) is 30.3 Å². The first-order valence-electron chi connectivity index (χ1n) is 6.05. The zero-order valence-corrected chi connectivity index (χ0v) is 10.5. The van der Waals surface area contributed by atoms with Crippen LogP contribution in [-0.2, 0) is 6.42 Å². The maximum atomic E-state index is 5.68. The molecule has 0 aliphatic carbocycles. The molecule has 18 heavy (non-hydrogen) atoms. The molecule has 0 atom stereocenters. The van der Waals surface area contributed by atoms with E-state index in [2.05, 4.69) is 29.2 Å². The second-order valence-electron chi connectivity index (χ2n) is 3.96. The molecule has 0 aliphatic heterocycles. The Morgan fingerprint density at radius 2 is 1.89 bits per heavy atom. The Morgan fingerprint density at radius 1 is 1.06 bits per heavy atom. The minimum absolute atomic E-state index is 0.676. The van der Waals surface area contributed by atoms with Crippen molar-refractivity contribution < 1.29 is 9.47 Å². The molecule has 1 aromatic carbocycles. The Labute approximate surface area is 107 Å². The van der Waals surface area contributed by atoms with E-state index in [1.807, 2.05) is 12.1 Å². The number of hydrogen-bond donors (Lipinski definition) is 0. The first kappa shape index (κ1) is 12.4. The number of nitrogens with zero attached hydrogens (tertiary/aromatic N) is 1. The quantitative estimate of drug-likeness (QED) is 0.730. The number of hydrogen-bond acceptors (Lipinski definition) is 3. The van der Waals surface area contributed by atoms with Gasteiger partial charge in [-0.15, -0.1) is 0 Å². The van der Waals surface area contributed by atoms with Gasteiger partial charge in [0.1, 0.15) is 0 Å². The molecule has 0 spiro atoms. The third kappa shape index (κ3) is 3.48. The van der Waals surface area contributed by atoms with Crippen LogP contribution in [0, 0.1) is 0 Å². The van der Waals surface area contributed by atoms with Crippen LogP contribution in [0.1, 0.15) is 12.0 Å². The Bertz CT molecular complexity index is 471. The zero-order chi connectivity index (χ0) is 12.6. The van der Waals surface area contributed by atoms with Crippen LogP contribution < -0.4 is 9.47 Å². The highest BCUT2D eigenvalue weighted by atomic mass is 16.5. The molecule has 0 N–H and O–H groups in total. The molecule has 1 heterocycles. The molecule has 3 nitrogen and oxygen atoms in total. The van der Waals surface area contributed by atoms with Gasteiger partial charge in [0.15, 0.2) is 11.5 Å². The summed E-state index contributed by atoms with van der Waals surface area (Å²) in [5.74, 6) is 1.43. The van der Waals surface area contributed by atoms with E-state index in [9.17, 15) is 0 Å². The van der Waals surface area contributed by atoms with Crippen molar-refractivity contribution in [1.29, 1.82) is 0 Å². The molecule has 0 saturated heterocycles. The van der Waals surface area contributed by atoms with Crippen LogP contribution in [0.3, 0.4) is 0 Å². The van der Waals surface area contributed by atoms with E-state index in [1.165, 1.54) is 5.56 Å². The Hall–Kier alpha value is -2.03. The molecule has 0 unspecified atom stereocenters. The molecule has 94 valence electrons. The number of aromatic nitrogens is 1. The molecule has 1 aromatic heterocycles. The lowest BCUT2D eigenvalue weighted by molar-refractivity contribution is 0.288. The van der Waals surface area contributed by atoms with Gasteiger partial charge in [0, 0.05) is 12.3 Å². The molecule has 0 fully saturated rings. The average molecular weight is 243 g/mol. The summed E-state index contributed by atoms with van der Waals surface area (Å²) in [6, 6.07) is 12.2. The molecule has 0 bridgehead atoms. The normalized spacial score (nSPS) is 10.1. The number of pyridine rings is 1. The van der Waals surface area contributed by atoms with Crippen LogP contribution in [-0.4, -0.2) is 18.7 Å².